The van der Waals surface area contributed by atoms with Crippen LogP contribution in [0.25, 0.3) is 0 Å². The Morgan fingerprint density at radius 2 is 1.88 bits per heavy atom. The van der Waals surface area contributed by atoms with Gasteiger partial charge < -0.3 is 10.1 Å². The first-order valence-corrected chi connectivity index (χ1v) is 5.80. The number of nitrogens with one attached hydrogen (secondary N) is 1. The normalized spacial score (nSPS) is 21.8. The lowest BCUT2D eigenvalue weighted by Crippen LogP contribution is -2.43. The number of rotatable bonds is 0. The molecule has 0 aromatic heterocycles. The molecule has 1 saturated heterocycles. The third kappa shape index (κ3) is 2.04. The van der Waals surface area contributed by atoms with Crippen LogP contribution >= 0.6 is 12.4 Å². The zero-order chi connectivity index (χ0) is 10.1. The standard InChI is InChI=1S/C13H17NO.ClH/c1-2-4-12-11(3-1)9-13(10-15-12)5-7-14-8-6-13;/h1-4,14H,5-10H2;1H. The summed E-state index contributed by atoms with van der Waals surface area (Å²) in [6, 6.07) is 8.46. The van der Waals surface area contributed by atoms with Gasteiger partial charge in [0.25, 0.3) is 0 Å². The molecule has 3 heteroatoms. The van der Waals surface area contributed by atoms with Gasteiger partial charge in [-0.15, -0.1) is 12.4 Å². The van der Waals surface area contributed by atoms with Crippen molar-refractivity contribution in [2.45, 2.75) is 19.3 Å². The Bertz CT molecular complexity index is 361. The third-order valence-corrected chi connectivity index (χ3v) is 3.74. The minimum atomic E-state index is 0. The molecule has 1 aromatic carbocycles. The molecule has 1 aromatic rings. The molecule has 2 heterocycles. The van der Waals surface area contributed by atoms with Crippen LogP contribution in [0.5, 0.6) is 5.75 Å². The number of para-hydroxylation sites is 1. The molecule has 16 heavy (non-hydrogen) atoms. The summed E-state index contributed by atoms with van der Waals surface area (Å²) in [6.45, 7) is 3.20. The third-order valence-electron chi connectivity index (χ3n) is 3.74. The molecule has 2 nitrogen and oxygen atoms in total. The van der Waals surface area contributed by atoms with E-state index in [-0.39, 0.29) is 12.4 Å². The summed E-state index contributed by atoms with van der Waals surface area (Å²) in [7, 11) is 0. The number of hydrogen-bond acceptors (Lipinski definition) is 2. The number of hydrogen-bond donors (Lipinski definition) is 1. The van der Waals surface area contributed by atoms with E-state index >= 15 is 0 Å². The predicted octanol–water partition coefficient (Wildman–Crippen LogP) is 2.41. The molecule has 1 spiro atoms. The van der Waals surface area contributed by atoms with Gasteiger partial charge in [0, 0.05) is 5.41 Å². The molecule has 1 N–H and O–H groups in total. The Morgan fingerprint density at radius 3 is 2.69 bits per heavy atom. The van der Waals surface area contributed by atoms with Gasteiger partial charge in [-0.2, -0.15) is 0 Å². The van der Waals surface area contributed by atoms with Crippen LogP contribution in [-0.2, 0) is 6.42 Å². The van der Waals surface area contributed by atoms with Crippen LogP contribution in [-0.4, -0.2) is 19.7 Å². The van der Waals surface area contributed by atoms with Crippen molar-refractivity contribution in [3.63, 3.8) is 0 Å². The van der Waals surface area contributed by atoms with E-state index in [1.54, 1.807) is 0 Å². The van der Waals surface area contributed by atoms with E-state index in [2.05, 4.69) is 29.6 Å². The largest absolute Gasteiger partial charge is 0.493 e. The second kappa shape index (κ2) is 4.64. The summed E-state index contributed by atoms with van der Waals surface area (Å²) < 4.78 is 5.89. The van der Waals surface area contributed by atoms with E-state index < -0.39 is 0 Å². The van der Waals surface area contributed by atoms with Gasteiger partial charge in [-0.05, 0) is 44.0 Å². The highest BCUT2D eigenvalue weighted by atomic mass is 35.5. The van der Waals surface area contributed by atoms with Gasteiger partial charge in [0.2, 0.25) is 0 Å². The molecule has 1 fully saturated rings. The first-order chi connectivity index (χ1) is 7.38. The summed E-state index contributed by atoms with van der Waals surface area (Å²) in [5, 5.41) is 3.42. The highest BCUT2D eigenvalue weighted by Gasteiger charge is 2.36. The van der Waals surface area contributed by atoms with Crippen molar-refractivity contribution < 1.29 is 4.74 Å². The minimum absolute atomic E-state index is 0. The maximum Gasteiger partial charge on any atom is 0.122 e. The molecular weight excluding hydrogens is 222 g/mol. The van der Waals surface area contributed by atoms with E-state index in [0.717, 1.165) is 25.4 Å². The van der Waals surface area contributed by atoms with Crippen LogP contribution in [0.4, 0.5) is 0 Å². The molecule has 0 radical (unpaired) electrons. The first-order valence-electron chi connectivity index (χ1n) is 5.80. The summed E-state index contributed by atoms with van der Waals surface area (Å²) in [4.78, 5) is 0. The lowest BCUT2D eigenvalue weighted by atomic mass is 9.73. The van der Waals surface area contributed by atoms with Crippen LogP contribution in [0.1, 0.15) is 18.4 Å². The fraction of sp³-hybridized carbons (Fsp3) is 0.538. The van der Waals surface area contributed by atoms with Gasteiger partial charge in [-0.25, -0.2) is 0 Å². The SMILES string of the molecule is Cl.c1ccc2c(c1)CC1(CCNCC1)CO2. The smallest absolute Gasteiger partial charge is 0.122 e. The summed E-state index contributed by atoms with van der Waals surface area (Å²) >= 11 is 0. The van der Waals surface area contributed by atoms with Crippen LogP contribution in [0, 0.1) is 5.41 Å². The molecule has 2 aliphatic rings. The molecule has 2 aliphatic heterocycles. The molecule has 3 rings (SSSR count). The summed E-state index contributed by atoms with van der Waals surface area (Å²) in [6.07, 6.45) is 3.70. The molecule has 0 bridgehead atoms. The van der Waals surface area contributed by atoms with Crippen molar-refractivity contribution in [3.05, 3.63) is 29.8 Å². The molecular formula is C13H18ClNO. The maximum absolute atomic E-state index is 5.89. The highest BCUT2D eigenvalue weighted by molar-refractivity contribution is 5.85. The summed E-state index contributed by atoms with van der Waals surface area (Å²) in [5.41, 5.74) is 1.81. The monoisotopic (exact) mass is 239 g/mol. The van der Waals surface area contributed by atoms with Crippen LogP contribution in [0.15, 0.2) is 24.3 Å². The Labute approximate surface area is 103 Å². The Kier molecular flexibility index (Phi) is 3.41. The molecule has 88 valence electrons. The highest BCUT2D eigenvalue weighted by Crippen LogP contribution is 2.39. The van der Waals surface area contributed by atoms with Crippen molar-refractivity contribution in [1.29, 1.82) is 0 Å². The number of ether oxygens (including phenoxy) is 1. The van der Waals surface area contributed by atoms with Crippen LogP contribution in [0.2, 0.25) is 0 Å². The van der Waals surface area contributed by atoms with E-state index in [1.165, 1.54) is 24.8 Å². The van der Waals surface area contributed by atoms with Gasteiger partial charge in [-0.1, -0.05) is 18.2 Å². The predicted molar refractivity (Wildman–Crippen MR) is 67.4 cm³/mol. The summed E-state index contributed by atoms with van der Waals surface area (Å²) in [5.74, 6) is 1.10. The van der Waals surface area contributed by atoms with Crippen molar-refractivity contribution >= 4 is 12.4 Å². The van der Waals surface area contributed by atoms with Gasteiger partial charge in [0.1, 0.15) is 5.75 Å². The number of halogens is 1. The molecule has 0 unspecified atom stereocenters. The lowest BCUT2D eigenvalue weighted by Gasteiger charge is -2.41. The Morgan fingerprint density at radius 1 is 1.12 bits per heavy atom. The molecule has 0 saturated carbocycles. The molecule has 0 atom stereocenters. The quantitative estimate of drug-likeness (QED) is 0.751. The molecule has 0 aliphatic carbocycles. The average Bonchev–Trinajstić information content (AvgIpc) is 2.30. The zero-order valence-electron chi connectivity index (χ0n) is 9.37. The van der Waals surface area contributed by atoms with Crippen LogP contribution < -0.4 is 10.1 Å². The molecule has 0 amide bonds. The second-order valence-electron chi connectivity index (χ2n) is 4.82. The van der Waals surface area contributed by atoms with Gasteiger partial charge >= 0.3 is 0 Å². The maximum atomic E-state index is 5.89. The van der Waals surface area contributed by atoms with Crippen molar-refractivity contribution in [1.82, 2.24) is 5.32 Å². The number of piperidine rings is 1. The van der Waals surface area contributed by atoms with E-state index in [1.807, 2.05) is 0 Å². The van der Waals surface area contributed by atoms with Gasteiger partial charge in [0.05, 0.1) is 6.61 Å². The van der Waals surface area contributed by atoms with Crippen LogP contribution in [0.3, 0.4) is 0 Å². The number of benzene rings is 1. The van der Waals surface area contributed by atoms with Gasteiger partial charge in [0.15, 0.2) is 0 Å². The van der Waals surface area contributed by atoms with Gasteiger partial charge in [-0.3, -0.25) is 0 Å². The van der Waals surface area contributed by atoms with Crippen molar-refractivity contribution in [2.24, 2.45) is 5.41 Å². The first kappa shape index (κ1) is 11.7. The van der Waals surface area contributed by atoms with Crippen molar-refractivity contribution in [3.8, 4) is 5.75 Å². The topological polar surface area (TPSA) is 21.3 Å². The van der Waals surface area contributed by atoms with E-state index in [4.69, 9.17) is 4.74 Å². The zero-order valence-corrected chi connectivity index (χ0v) is 10.2. The Balaban J connectivity index is 0.000000963. The van der Waals surface area contributed by atoms with E-state index in [0.29, 0.717) is 5.41 Å². The fourth-order valence-electron chi connectivity index (χ4n) is 2.75. The second-order valence-corrected chi connectivity index (χ2v) is 4.82. The Hall–Kier alpha value is -0.730. The average molecular weight is 240 g/mol. The fourth-order valence-corrected chi connectivity index (χ4v) is 2.75. The minimum Gasteiger partial charge on any atom is -0.493 e. The number of fused-ring (bicyclic) bond motifs is 1. The van der Waals surface area contributed by atoms with Crippen molar-refractivity contribution in [2.75, 3.05) is 19.7 Å². The van der Waals surface area contributed by atoms with E-state index in [9.17, 15) is 0 Å². The lowest BCUT2D eigenvalue weighted by molar-refractivity contribution is 0.0850.